The second-order valence-electron chi connectivity index (χ2n) is 6.83. The van der Waals surface area contributed by atoms with Crippen molar-refractivity contribution in [1.29, 1.82) is 0 Å². The normalized spacial score (nSPS) is 12.6. The topological polar surface area (TPSA) is 0 Å². The van der Waals surface area contributed by atoms with Crippen LogP contribution in [0.1, 0.15) is 82.6 Å². The molecular formula is C17H27Cl. The summed E-state index contributed by atoms with van der Waals surface area (Å²) in [5.74, 6) is 1.72. The van der Waals surface area contributed by atoms with Crippen molar-refractivity contribution in [3.8, 4) is 0 Å². The molecule has 1 aromatic rings. The van der Waals surface area contributed by atoms with Crippen LogP contribution in [-0.2, 0) is 11.3 Å². The van der Waals surface area contributed by atoms with E-state index in [1.54, 1.807) is 0 Å². The van der Waals surface area contributed by atoms with Crippen LogP contribution in [0, 0.1) is 0 Å². The fraction of sp³-hybridized carbons (Fsp3) is 0.647. The van der Waals surface area contributed by atoms with Crippen molar-refractivity contribution in [2.45, 2.75) is 71.6 Å². The standard InChI is InChI=1S/C17H27Cl/c1-11(2)14-8-13(10-18)16(17(5,6)7)9-15(14)12(3)4/h8-9,11-12H,10H2,1-7H3. The molecule has 0 saturated carbocycles. The first kappa shape index (κ1) is 15.6. The molecule has 0 aliphatic rings. The zero-order valence-electron chi connectivity index (χ0n) is 12.9. The molecule has 1 heteroatoms. The van der Waals surface area contributed by atoms with Gasteiger partial charge >= 0.3 is 0 Å². The van der Waals surface area contributed by atoms with Gasteiger partial charge in [-0.1, -0.05) is 60.6 Å². The number of benzene rings is 1. The Kier molecular flexibility index (Phi) is 4.89. The Labute approximate surface area is 118 Å². The molecule has 0 aliphatic heterocycles. The minimum Gasteiger partial charge on any atom is -0.122 e. The highest BCUT2D eigenvalue weighted by Crippen LogP contribution is 2.35. The monoisotopic (exact) mass is 266 g/mol. The lowest BCUT2D eigenvalue weighted by Gasteiger charge is -2.27. The van der Waals surface area contributed by atoms with Crippen LogP contribution in [0.25, 0.3) is 0 Å². The van der Waals surface area contributed by atoms with Crippen molar-refractivity contribution in [3.63, 3.8) is 0 Å². The number of hydrogen-bond donors (Lipinski definition) is 0. The first-order valence-corrected chi connectivity index (χ1v) is 7.45. The van der Waals surface area contributed by atoms with E-state index in [1.807, 2.05) is 0 Å². The van der Waals surface area contributed by atoms with Gasteiger partial charge in [0, 0.05) is 5.88 Å². The molecule has 0 amide bonds. The molecule has 0 saturated heterocycles. The van der Waals surface area contributed by atoms with E-state index < -0.39 is 0 Å². The van der Waals surface area contributed by atoms with Crippen molar-refractivity contribution >= 4 is 11.6 Å². The highest BCUT2D eigenvalue weighted by Gasteiger charge is 2.21. The predicted molar refractivity (Wildman–Crippen MR) is 82.9 cm³/mol. The molecule has 0 fully saturated rings. The molecule has 1 aromatic carbocycles. The van der Waals surface area contributed by atoms with Gasteiger partial charge in [0.2, 0.25) is 0 Å². The molecule has 0 bridgehead atoms. The lowest BCUT2D eigenvalue weighted by atomic mass is 9.79. The molecule has 1 rings (SSSR count). The van der Waals surface area contributed by atoms with Crippen molar-refractivity contribution in [1.82, 2.24) is 0 Å². The van der Waals surface area contributed by atoms with E-state index in [4.69, 9.17) is 11.6 Å². The third-order valence-corrected chi connectivity index (χ3v) is 3.79. The first-order chi connectivity index (χ1) is 8.18. The summed E-state index contributed by atoms with van der Waals surface area (Å²) >= 11 is 6.15. The maximum atomic E-state index is 6.15. The Balaban J connectivity index is 3.52. The summed E-state index contributed by atoms with van der Waals surface area (Å²) in [5.41, 5.74) is 5.77. The van der Waals surface area contributed by atoms with Crippen molar-refractivity contribution < 1.29 is 0 Å². The van der Waals surface area contributed by atoms with Crippen LogP contribution in [-0.4, -0.2) is 0 Å². The SMILES string of the molecule is CC(C)c1cc(CCl)c(C(C)(C)C)cc1C(C)C. The fourth-order valence-electron chi connectivity index (χ4n) is 2.49. The number of hydrogen-bond acceptors (Lipinski definition) is 0. The zero-order chi connectivity index (χ0) is 14.1. The van der Waals surface area contributed by atoms with Gasteiger partial charge in [0.05, 0.1) is 0 Å². The van der Waals surface area contributed by atoms with E-state index in [2.05, 4.69) is 60.6 Å². The van der Waals surface area contributed by atoms with Crippen LogP contribution in [0.5, 0.6) is 0 Å². The van der Waals surface area contributed by atoms with Gasteiger partial charge in [0.1, 0.15) is 0 Å². The van der Waals surface area contributed by atoms with Crippen LogP contribution in [0.2, 0.25) is 0 Å². The van der Waals surface area contributed by atoms with E-state index in [1.165, 1.54) is 22.3 Å². The Bertz CT molecular complexity index is 408. The van der Waals surface area contributed by atoms with Crippen LogP contribution >= 0.6 is 11.6 Å². The fourth-order valence-corrected chi connectivity index (χ4v) is 2.71. The lowest BCUT2D eigenvalue weighted by Crippen LogP contribution is -2.16. The number of alkyl halides is 1. The van der Waals surface area contributed by atoms with E-state index >= 15 is 0 Å². The summed E-state index contributed by atoms with van der Waals surface area (Å²) in [6, 6.07) is 4.71. The van der Waals surface area contributed by atoms with Gasteiger partial charge in [-0.25, -0.2) is 0 Å². The minimum absolute atomic E-state index is 0.156. The molecule has 0 aromatic heterocycles. The summed E-state index contributed by atoms with van der Waals surface area (Å²) in [4.78, 5) is 0. The maximum Gasteiger partial charge on any atom is 0.0477 e. The summed E-state index contributed by atoms with van der Waals surface area (Å²) in [6.07, 6.45) is 0. The molecule has 0 unspecified atom stereocenters. The van der Waals surface area contributed by atoms with Crippen molar-refractivity contribution in [2.24, 2.45) is 0 Å². The highest BCUT2D eigenvalue weighted by molar-refractivity contribution is 6.17. The molecule has 18 heavy (non-hydrogen) atoms. The number of rotatable bonds is 3. The molecule has 102 valence electrons. The van der Waals surface area contributed by atoms with Gasteiger partial charge in [-0.05, 0) is 39.5 Å². The molecule has 0 spiro atoms. The van der Waals surface area contributed by atoms with E-state index in [0.29, 0.717) is 17.7 Å². The average molecular weight is 267 g/mol. The summed E-state index contributed by atoms with van der Waals surface area (Å²) in [6.45, 7) is 15.8. The second kappa shape index (κ2) is 5.65. The smallest absolute Gasteiger partial charge is 0.0477 e. The highest BCUT2D eigenvalue weighted by atomic mass is 35.5. The van der Waals surface area contributed by atoms with Gasteiger partial charge in [-0.15, -0.1) is 11.6 Å². The Morgan fingerprint density at radius 2 is 1.39 bits per heavy atom. The van der Waals surface area contributed by atoms with Crippen LogP contribution in [0.15, 0.2) is 12.1 Å². The van der Waals surface area contributed by atoms with Gasteiger partial charge < -0.3 is 0 Å². The van der Waals surface area contributed by atoms with Crippen LogP contribution in [0.3, 0.4) is 0 Å². The predicted octanol–water partition coefficient (Wildman–Crippen LogP) is 5.97. The average Bonchev–Trinajstić information content (AvgIpc) is 2.25. The first-order valence-electron chi connectivity index (χ1n) is 6.91. The minimum atomic E-state index is 0.156. The Morgan fingerprint density at radius 3 is 1.72 bits per heavy atom. The van der Waals surface area contributed by atoms with Crippen LogP contribution < -0.4 is 0 Å². The summed E-state index contributed by atoms with van der Waals surface area (Å²) in [7, 11) is 0. The molecular weight excluding hydrogens is 240 g/mol. The molecule has 0 radical (unpaired) electrons. The van der Waals surface area contributed by atoms with E-state index in [9.17, 15) is 0 Å². The van der Waals surface area contributed by atoms with Crippen molar-refractivity contribution in [2.75, 3.05) is 0 Å². The molecule has 0 N–H and O–H groups in total. The van der Waals surface area contributed by atoms with Crippen molar-refractivity contribution in [3.05, 3.63) is 34.4 Å². The molecule has 0 atom stereocenters. The van der Waals surface area contributed by atoms with Gasteiger partial charge in [0.15, 0.2) is 0 Å². The van der Waals surface area contributed by atoms with E-state index in [0.717, 1.165) is 0 Å². The Hall–Kier alpha value is -0.490. The summed E-state index contributed by atoms with van der Waals surface area (Å²) in [5, 5.41) is 0. The van der Waals surface area contributed by atoms with Gasteiger partial charge in [-0.3, -0.25) is 0 Å². The molecule has 0 heterocycles. The zero-order valence-corrected chi connectivity index (χ0v) is 13.7. The molecule has 0 aliphatic carbocycles. The number of halogens is 1. The van der Waals surface area contributed by atoms with E-state index in [-0.39, 0.29) is 5.41 Å². The third-order valence-electron chi connectivity index (χ3n) is 3.50. The second-order valence-corrected chi connectivity index (χ2v) is 7.10. The summed E-state index contributed by atoms with van der Waals surface area (Å²) < 4.78 is 0. The maximum absolute atomic E-state index is 6.15. The quantitative estimate of drug-likeness (QED) is 0.591. The Morgan fingerprint density at radius 1 is 0.944 bits per heavy atom. The van der Waals surface area contributed by atoms with Crippen LogP contribution in [0.4, 0.5) is 0 Å². The largest absolute Gasteiger partial charge is 0.122 e. The lowest BCUT2D eigenvalue weighted by molar-refractivity contribution is 0.582. The van der Waals surface area contributed by atoms with Gasteiger partial charge in [0.25, 0.3) is 0 Å². The molecule has 0 nitrogen and oxygen atoms in total. The van der Waals surface area contributed by atoms with Gasteiger partial charge in [-0.2, -0.15) is 0 Å². The third kappa shape index (κ3) is 3.29.